The van der Waals surface area contributed by atoms with Crippen molar-refractivity contribution in [1.82, 2.24) is 0 Å². The van der Waals surface area contributed by atoms with E-state index in [0.717, 1.165) is 7.11 Å². The van der Waals surface area contributed by atoms with Crippen molar-refractivity contribution in [2.45, 2.75) is 42.7 Å². The van der Waals surface area contributed by atoms with Gasteiger partial charge in [0.25, 0.3) is 0 Å². The van der Waals surface area contributed by atoms with Crippen molar-refractivity contribution in [3.8, 4) is 0 Å². The fourth-order valence-corrected chi connectivity index (χ4v) is 1.34. The number of hydrogen-bond acceptors (Lipinski definition) is 10. The van der Waals surface area contributed by atoms with Gasteiger partial charge in [0.05, 0.1) is 7.11 Å². The summed E-state index contributed by atoms with van der Waals surface area (Å²) in [5.74, 6) is -1.30. The third kappa shape index (κ3) is 4.45. The van der Waals surface area contributed by atoms with Crippen molar-refractivity contribution in [3.05, 3.63) is 0 Å². The van der Waals surface area contributed by atoms with E-state index in [1.54, 1.807) is 0 Å². The van der Waals surface area contributed by atoms with Crippen molar-refractivity contribution in [1.29, 1.82) is 0 Å². The molecule has 0 saturated carbocycles. The molecule has 0 aliphatic rings. The molecule has 7 atom stereocenters. The van der Waals surface area contributed by atoms with Gasteiger partial charge in [-0.2, -0.15) is 0 Å². The molecule has 0 aromatic heterocycles. The molecule has 0 aromatic carbocycles. The van der Waals surface area contributed by atoms with E-state index in [0.29, 0.717) is 0 Å². The number of esters is 1. The van der Waals surface area contributed by atoms with Crippen molar-refractivity contribution >= 4 is 12.3 Å². The number of aldehydes is 1. The molecule has 0 aromatic rings. The maximum Gasteiger partial charge on any atom is 0.337 e. The van der Waals surface area contributed by atoms with Crippen LogP contribution in [0.25, 0.3) is 0 Å². The van der Waals surface area contributed by atoms with Crippen LogP contribution in [-0.2, 0) is 14.3 Å². The van der Waals surface area contributed by atoms with Crippen LogP contribution in [0.15, 0.2) is 0 Å². The molecular weight excluding hydrogens is 280 g/mol. The van der Waals surface area contributed by atoms with Gasteiger partial charge in [-0.3, -0.25) is 0 Å². The third-order valence-electron chi connectivity index (χ3n) is 2.66. The summed E-state index contributed by atoms with van der Waals surface area (Å²) in [6.45, 7) is 0. The number of aliphatic hydroxyl groups is 7. The molecule has 10 nitrogen and oxygen atoms in total. The van der Waals surface area contributed by atoms with Gasteiger partial charge in [0, 0.05) is 0 Å². The average Bonchev–Trinajstić information content (AvgIpc) is 2.48. The Balaban J connectivity index is 4.79. The summed E-state index contributed by atoms with van der Waals surface area (Å²) in [5, 5.41) is 65.2. The highest BCUT2D eigenvalue weighted by molar-refractivity contribution is 5.75. The molecule has 0 radical (unpaired) electrons. The molecule has 0 aliphatic carbocycles. The summed E-state index contributed by atoms with van der Waals surface area (Å²) < 4.78 is 4.09. The lowest BCUT2D eigenvalue weighted by Crippen LogP contribution is -2.55. The molecule has 0 aliphatic heterocycles. The first-order valence-corrected chi connectivity index (χ1v) is 5.48. The predicted octanol–water partition coefficient (Wildman–Crippen LogP) is -5.12. The van der Waals surface area contributed by atoms with E-state index in [4.69, 9.17) is 5.11 Å². The highest BCUT2D eigenvalue weighted by Crippen LogP contribution is 2.13. The Labute approximate surface area is 113 Å². The molecule has 0 spiro atoms. The fourth-order valence-electron chi connectivity index (χ4n) is 1.34. The van der Waals surface area contributed by atoms with Gasteiger partial charge in [-0.25, -0.2) is 4.79 Å². The minimum Gasteiger partial charge on any atom is -0.467 e. The predicted molar refractivity (Wildman–Crippen MR) is 60.1 cm³/mol. The Morgan fingerprint density at radius 3 is 1.65 bits per heavy atom. The molecular formula is C10H18O10. The van der Waals surface area contributed by atoms with E-state index in [-0.39, 0.29) is 6.29 Å². The van der Waals surface area contributed by atoms with Crippen LogP contribution in [0.3, 0.4) is 0 Å². The van der Waals surface area contributed by atoms with Gasteiger partial charge in [0.2, 0.25) is 0 Å². The van der Waals surface area contributed by atoms with Gasteiger partial charge in [-0.1, -0.05) is 0 Å². The maximum atomic E-state index is 10.9. The first-order valence-electron chi connectivity index (χ1n) is 5.48. The van der Waals surface area contributed by atoms with Crippen LogP contribution in [0.5, 0.6) is 0 Å². The number of aliphatic hydroxyl groups excluding tert-OH is 7. The Kier molecular flexibility index (Phi) is 7.75. The minimum absolute atomic E-state index is 0.118. The SMILES string of the molecule is COC(=O)C(O)C(O)C(O)C(O)C(O)C(O)C(O)C=O. The van der Waals surface area contributed by atoms with Gasteiger partial charge in [-0.15, -0.1) is 0 Å². The Morgan fingerprint density at radius 2 is 1.25 bits per heavy atom. The highest BCUT2D eigenvalue weighted by atomic mass is 16.5. The van der Waals surface area contributed by atoms with Crippen molar-refractivity contribution in [3.63, 3.8) is 0 Å². The smallest absolute Gasteiger partial charge is 0.337 e. The number of rotatable bonds is 8. The number of hydrogen-bond donors (Lipinski definition) is 7. The zero-order valence-corrected chi connectivity index (χ0v) is 10.5. The van der Waals surface area contributed by atoms with Gasteiger partial charge in [0.15, 0.2) is 12.4 Å². The molecule has 118 valence electrons. The lowest BCUT2D eigenvalue weighted by molar-refractivity contribution is -0.180. The van der Waals surface area contributed by atoms with Gasteiger partial charge in [-0.05, 0) is 0 Å². The average molecular weight is 298 g/mol. The Morgan fingerprint density at radius 1 is 0.850 bits per heavy atom. The summed E-state index contributed by atoms with van der Waals surface area (Å²) in [4.78, 5) is 21.1. The number of carbonyl (C=O) groups excluding carboxylic acids is 2. The van der Waals surface area contributed by atoms with Crippen LogP contribution in [0.2, 0.25) is 0 Å². The van der Waals surface area contributed by atoms with E-state index < -0.39 is 48.7 Å². The van der Waals surface area contributed by atoms with Gasteiger partial charge < -0.3 is 45.3 Å². The maximum absolute atomic E-state index is 10.9. The van der Waals surface area contributed by atoms with Crippen LogP contribution < -0.4 is 0 Å². The van der Waals surface area contributed by atoms with Crippen molar-refractivity contribution in [2.75, 3.05) is 7.11 Å². The van der Waals surface area contributed by atoms with Crippen LogP contribution in [-0.4, -0.2) is 97.8 Å². The second-order valence-corrected chi connectivity index (χ2v) is 4.05. The van der Waals surface area contributed by atoms with E-state index in [9.17, 15) is 40.2 Å². The van der Waals surface area contributed by atoms with E-state index in [2.05, 4.69) is 4.74 Å². The standard InChI is InChI=1S/C10H18O10/c1-20-10(19)9(18)8(17)7(16)6(15)5(14)4(13)3(12)2-11/h2-9,12-18H,1H3. The number of ether oxygens (including phenoxy) is 1. The normalized spacial score (nSPS) is 22.0. The fraction of sp³-hybridized carbons (Fsp3) is 0.800. The van der Waals surface area contributed by atoms with Crippen LogP contribution in [0, 0.1) is 0 Å². The van der Waals surface area contributed by atoms with Gasteiger partial charge >= 0.3 is 5.97 Å². The molecule has 0 amide bonds. The topological polar surface area (TPSA) is 185 Å². The monoisotopic (exact) mass is 298 g/mol. The van der Waals surface area contributed by atoms with Crippen LogP contribution >= 0.6 is 0 Å². The lowest BCUT2D eigenvalue weighted by atomic mass is 9.94. The molecule has 20 heavy (non-hydrogen) atoms. The first-order chi connectivity index (χ1) is 9.18. The lowest BCUT2D eigenvalue weighted by Gasteiger charge is -2.30. The van der Waals surface area contributed by atoms with Crippen molar-refractivity contribution in [2.24, 2.45) is 0 Å². The van der Waals surface area contributed by atoms with E-state index in [1.165, 1.54) is 0 Å². The molecule has 0 heterocycles. The first kappa shape index (κ1) is 18.9. The van der Waals surface area contributed by atoms with Crippen molar-refractivity contribution < 1.29 is 50.1 Å². The Bertz CT molecular complexity index is 321. The molecule has 0 bridgehead atoms. The second kappa shape index (κ2) is 8.21. The zero-order valence-electron chi connectivity index (χ0n) is 10.5. The highest BCUT2D eigenvalue weighted by Gasteiger charge is 2.41. The molecule has 7 unspecified atom stereocenters. The summed E-state index contributed by atoms with van der Waals surface area (Å²) in [6, 6.07) is 0. The van der Waals surface area contributed by atoms with E-state index >= 15 is 0 Å². The van der Waals surface area contributed by atoms with Crippen LogP contribution in [0.4, 0.5) is 0 Å². The summed E-state index contributed by atoms with van der Waals surface area (Å²) >= 11 is 0. The zero-order chi connectivity index (χ0) is 16.0. The minimum atomic E-state index is -2.26. The summed E-state index contributed by atoms with van der Waals surface area (Å²) in [6.07, 6.45) is -15.5. The van der Waals surface area contributed by atoms with E-state index in [1.807, 2.05) is 0 Å². The molecule has 0 saturated heterocycles. The molecule has 0 fully saturated rings. The third-order valence-corrected chi connectivity index (χ3v) is 2.66. The Hall–Kier alpha value is -1.14. The largest absolute Gasteiger partial charge is 0.467 e. The number of methoxy groups -OCH3 is 1. The van der Waals surface area contributed by atoms with Gasteiger partial charge in [0.1, 0.15) is 36.6 Å². The summed E-state index contributed by atoms with van der Waals surface area (Å²) in [5.41, 5.74) is 0. The number of carbonyl (C=O) groups is 2. The quantitative estimate of drug-likeness (QED) is 0.169. The molecule has 7 N–H and O–H groups in total. The summed E-state index contributed by atoms with van der Waals surface area (Å²) in [7, 11) is 0.903. The molecule has 0 rings (SSSR count). The second-order valence-electron chi connectivity index (χ2n) is 4.05. The molecule has 10 heteroatoms. The van der Waals surface area contributed by atoms with Crippen LogP contribution in [0.1, 0.15) is 0 Å².